The minimum absolute atomic E-state index is 0.0374. The number of hydrogen-bond acceptors (Lipinski definition) is 4. The lowest BCUT2D eigenvalue weighted by atomic mass is 10.0. The molecule has 0 radical (unpaired) electrons. The highest BCUT2D eigenvalue weighted by molar-refractivity contribution is 6.31. The third kappa shape index (κ3) is 4.36. The number of hydrogen-bond donors (Lipinski definition) is 2. The van der Waals surface area contributed by atoms with Gasteiger partial charge in [-0.05, 0) is 31.5 Å². The van der Waals surface area contributed by atoms with E-state index in [1.54, 1.807) is 18.3 Å². The van der Waals surface area contributed by atoms with Crippen LogP contribution in [0.25, 0.3) is 0 Å². The number of pyridine rings is 1. The highest BCUT2D eigenvalue weighted by atomic mass is 35.5. The fourth-order valence-corrected chi connectivity index (χ4v) is 2.17. The van der Waals surface area contributed by atoms with Gasteiger partial charge in [0.1, 0.15) is 11.6 Å². The van der Waals surface area contributed by atoms with Gasteiger partial charge in [-0.2, -0.15) is 0 Å². The molecule has 1 saturated heterocycles. The molecule has 0 aliphatic carbocycles. The topological polar surface area (TPSA) is 63.2 Å². The summed E-state index contributed by atoms with van der Waals surface area (Å²) in [5.74, 6) is 0.435. The Kier molecular flexibility index (Phi) is 5.42. The summed E-state index contributed by atoms with van der Waals surface area (Å²) in [5.41, 5.74) is 0. The van der Waals surface area contributed by atoms with Crippen LogP contribution in [0.2, 0.25) is 5.02 Å². The van der Waals surface area contributed by atoms with Gasteiger partial charge in [-0.1, -0.05) is 18.0 Å². The smallest absolute Gasteiger partial charge is 0.237 e. The Bertz CT molecular complexity index is 422. The van der Waals surface area contributed by atoms with E-state index < -0.39 is 0 Å². The molecule has 1 aromatic heterocycles. The summed E-state index contributed by atoms with van der Waals surface area (Å²) < 4.78 is 5.40. The molecule has 1 atom stereocenters. The molecule has 1 aliphatic rings. The van der Waals surface area contributed by atoms with Gasteiger partial charge < -0.3 is 15.4 Å². The first kappa shape index (κ1) is 14.1. The number of halogens is 1. The van der Waals surface area contributed by atoms with Gasteiger partial charge in [0.2, 0.25) is 11.8 Å². The summed E-state index contributed by atoms with van der Waals surface area (Å²) in [6.07, 6.45) is 4.76. The van der Waals surface area contributed by atoms with Crippen LogP contribution in [0.1, 0.15) is 19.3 Å². The van der Waals surface area contributed by atoms with Gasteiger partial charge in [-0.15, -0.1) is 0 Å². The van der Waals surface area contributed by atoms with E-state index in [9.17, 15) is 4.79 Å². The van der Waals surface area contributed by atoms with E-state index in [2.05, 4.69) is 15.6 Å². The SMILES string of the molecule is O=C(NCCOc1ncccc1Cl)[C@H]1CCCCN1. The monoisotopic (exact) mass is 283 g/mol. The van der Waals surface area contributed by atoms with Gasteiger partial charge in [0.15, 0.2) is 0 Å². The first-order chi connectivity index (χ1) is 9.27. The number of carbonyl (C=O) groups is 1. The fourth-order valence-electron chi connectivity index (χ4n) is 2.00. The van der Waals surface area contributed by atoms with Gasteiger partial charge in [0.05, 0.1) is 12.6 Å². The molecular weight excluding hydrogens is 266 g/mol. The van der Waals surface area contributed by atoms with Crippen LogP contribution in [-0.2, 0) is 4.79 Å². The van der Waals surface area contributed by atoms with E-state index in [1.807, 2.05) is 0 Å². The number of rotatable bonds is 5. The van der Waals surface area contributed by atoms with Crippen molar-refractivity contribution in [2.24, 2.45) is 0 Å². The molecule has 0 aromatic carbocycles. The van der Waals surface area contributed by atoms with Crippen LogP contribution < -0.4 is 15.4 Å². The van der Waals surface area contributed by atoms with E-state index in [4.69, 9.17) is 16.3 Å². The van der Waals surface area contributed by atoms with Crippen LogP contribution in [0, 0.1) is 0 Å². The zero-order chi connectivity index (χ0) is 13.5. The summed E-state index contributed by atoms with van der Waals surface area (Å²) in [7, 11) is 0. The van der Waals surface area contributed by atoms with E-state index in [-0.39, 0.29) is 11.9 Å². The lowest BCUT2D eigenvalue weighted by Gasteiger charge is -2.22. The lowest BCUT2D eigenvalue weighted by Crippen LogP contribution is -2.47. The van der Waals surface area contributed by atoms with E-state index in [0.29, 0.717) is 24.1 Å². The van der Waals surface area contributed by atoms with Crippen LogP contribution >= 0.6 is 11.6 Å². The van der Waals surface area contributed by atoms with Crippen molar-refractivity contribution in [3.05, 3.63) is 23.4 Å². The summed E-state index contributed by atoms with van der Waals surface area (Å²) in [5, 5.41) is 6.52. The van der Waals surface area contributed by atoms with Crippen molar-refractivity contribution >= 4 is 17.5 Å². The normalized spacial score (nSPS) is 18.9. The molecule has 0 bridgehead atoms. The molecule has 1 amide bonds. The highest BCUT2D eigenvalue weighted by Crippen LogP contribution is 2.19. The second-order valence-corrected chi connectivity index (χ2v) is 4.84. The first-order valence-corrected chi connectivity index (χ1v) is 6.89. The number of piperidine rings is 1. The van der Waals surface area contributed by atoms with E-state index in [1.165, 1.54) is 0 Å². The maximum atomic E-state index is 11.8. The van der Waals surface area contributed by atoms with Crippen LogP contribution in [0.5, 0.6) is 5.88 Å². The predicted molar refractivity (Wildman–Crippen MR) is 73.4 cm³/mol. The molecule has 5 nitrogen and oxygen atoms in total. The second kappa shape index (κ2) is 7.31. The third-order valence-electron chi connectivity index (χ3n) is 2.99. The van der Waals surface area contributed by atoms with Crippen LogP contribution in [0.3, 0.4) is 0 Å². The largest absolute Gasteiger partial charge is 0.475 e. The van der Waals surface area contributed by atoms with Crippen LogP contribution in [0.4, 0.5) is 0 Å². The molecule has 2 rings (SSSR count). The van der Waals surface area contributed by atoms with Crippen molar-refractivity contribution < 1.29 is 9.53 Å². The van der Waals surface area contributed by atoms with Crippen molar-refractivity contribution in [3.8, 4) is 5.88 Å². The molecule has 1 aliphatic heterocycles. The third-order valence-corrected chi connectivity index (χ3v) is 3.28. The van der Waals surface area contributed by atoms with E-state index >= 15 is 0 Å². The average molecular weight is 284 g/mol. The molecule has 0 saturated carbocycles. The number of aromatic nitrogens is 1. The summed E-state index contributed by atoms with van der Waals surface area (Å²) in [6.45, 7) is 1.72. The Morgan fingerprint density at radius 3 is 3.21 bits per heavy atom. The molecule has 1 aromatic rings. The Morgan fingerprint density at radius 1 is 1.58 bits per heavy atom. The Hall–Kier alpha value is -1.33. The van der Waals surface area contributed by atoms with E-state index in [0.717, 1.165) is 25.8 Å². The molecule has 1 fully saturated rings. The quantitative estimate of drug-likeness (QED) is 0.801. The highest BCUT2D eigenvalue weighted by Gasteiger charge is 2.19. The maximum absolute atomic E-state index is 11.8. The molecule has 2 N–H and O–H groups in total. The Morgan fingerprint density at radius 2 is 2.47 bits per heavy atom. The van der Waals surface area contributed by atoms with Gasteiger partial charge >= 0.3 is 0 Å². The summed E-state index contributed by atoms with van der Waals surface area (Å²) in [4.78, 5) is 15.8. The maximum Gasteiger partial charge on any atom is 0.237 e. The lowest BCUT2D eigenvalue weighted by molar-refractivity contribution is -0.123. The second-order valence-electron chi connectivity index (χ2n) is 4.43. The zero-order valence-corrected chi connectivity index (χ0v) is 11.4. The van der Waals surface area contributed by atoms with Crippen molar-refractivity contribution in [2.45, 2.75) is 25.3 Å². The first-order valence-electron chi connectivity index (χ1n) is 6.52. The van der Waals surface area contributed by atoms with Gasteiger partial charge in [0, 0.05) is 6.20 Å². The van der Waals surface area contributed by atoms with Crippen molar-refractivity contribution in [2.75, 3.05) is 19.7 Å². The number of nitrogens with zero attached hydrogens (tertiary/aromatic N) is 1. The predicted octanol–water partition coefficient (Wildman–Crippen LogP) is 1.37. The van der Waals surface area contributed by atoms with Gasteiger partial charge in [-0.25, -0.2) is 4.98 Å². The molecule has 6 heteroatoms. The molecule has 2 heterocycles. The zero-order valence-electron chi connectivity index (χ0n) is 10.7. The Labute approximate surface area is 117 Å². The molecule has 104 valence electrons. The number of carbonyl (C=O) groups excluding carboxylic acids is 1. The van der Waals surface area contributed by atoms with Gasteiger partial charge in [-0.3, -0.25) is 4.79 Å². The number of nitrogens with one attached hydrogen (secondary N) is 2. The van der Waals surface area contributed by atoms with Crippen molar-refractivity contribution in [3.63, 3.8) is 0 Å². The number of ether oxygens (including phenoxy) is 1. The summed E-state index contributed by atoms with van der Waals surface area (Å²) in [6, 6.07) is 3.40. The summed E-state index contributed by atoms with van der Waals surface area (Å²) >= 11 is 5.90. The minimum Gasteiger partial charge on any atom is -0.475 e. The molecular formula is C13H18ClN3O2. The average Bonchev–Trinajstić information content (AvgIpc) is 2.46. The van der Waals surface area contributed by atoms with Crippen LogP contribution in [0.15, 0.2) is 18.3 Å². The minimum atomic E-state index is -0.0628. The van der Waals surface area contributed by atoms with Crippen LogP contribution in [-0.4, -0.2) is 36.6 Å². The molecule has 0 unspecified atom stereocenters. The fraction of sp³-hybridized carbons (Fsp3) is 0.538. The van der Waals surface area contributed by atoms with Crippen molar-refractivity contribution in [1.82, 2.24) is 15.6 Å². The Balaban J connectivity index is 1.66. The van der Waals surface area contributed by atoms with Crippen molar-refractivity contribution in [1.29, 1.82) is 0 Å². The molecule has 0 spiro atoms. The molecule has 19 heavy (non-hydrogen) atoms. The standard InChI is InChI=1S/C13H18ClN3O2/c14-10-4-3-7-17-13(10)19-9-8-16-12(18)11-5-1-2-6-15-11/h3-4,7,11,15H,1-2,5-6,8-9H2,(H,16,18)/t11-/m1/s1. The van der Waals surface area contributed by atoms with Gasteiger partial charge in [0.25, 0.3) is 0 Å². The number of amides is 1.